The van der Waals surface area contributed by atoms with Crippen LogP contribution in [-0.2, 0) is 14.3 Å². The van der Waals surface area contributed by atoms with Crippen LogP contribution in [0.4, 0.5) is 0 Å². The van der Waals surface area contributed by atoms with Gasteiger partial charge < -0.3 is 45.4 Å². The van der Waals surface area contributed by atoms with Crippen LogP contribution in [0.25, 0.3) is 0 Å². The van der Waals surface area contributed by atoms with Crippen molar-refractivity contribution >= 4 is 5.91 Å². The maximum absolute atomic E-state index is 13.1. The summed E-state index contributed by atoms with van der Waals surface area (Å²) in [7, 11) is 0. The third-order valence-electron chi connectivity index (χ3n) is 13.7. The molecule has 8 unspecified atom stereocenters. The molecule has 0 aromatic carbocycles. The summed E-state index contributed by atoms with van der Waals surface area (Å²) < 4.78 is 11.2. The Labute approximate surface area is 399 Å². The highest BCUT2D eigenvalue weighted by Crippen LogP contribution is 2.23. The van der Waals surface area contributed by atoms with Crippen LogP contribution in [0.2, 0.25) is 0 Å². The lowest BCUT2D eigenvalue weighted by molar-refractivity contribution is -0.302. The van der Waals surface area contributed by atoms with Crippen molar-refractivity contribution in [3.8, 4) is 0 Å². The Bertz CT molecular complexity index is 1050. The Morgan fingerprint density at radius 1 is 0.523 bits per heavy atom. The second-order valence-electron chi connectivity index (χ2n) is 19.9. The average Bonchev–Trinajstić information content (AvgIpc) is 3.31. The number of hydrogen-bond acceptors (Lipinski definition) is 9. The number of nitrogens with one attached hydrogen (secondary N) is 1. The van der Waals surface area contributed by atoms with Crippen LogP contribution in [0, 0.1) is 0 Å². The van der Waals surface area contributed by atoms with E-state index in [0.29, 0.717) is 6.42 Å². The zero-order chi connectivity index (χ0) is 47.4. The molecule has 8 atom stereocenters. The zero-order valence-electron chi connectivity index (χ0n) is 42.4. The van der Waals surface area contributed by atoms with E-state index in [4.69, 9.17) is 9.47 Å². The number of carbonyl (C=O) groups is 1. The Balaban J connectivity index is 2.18. The van der Waals surface area contributed by atoms with E-state index in [-0.39, 0.29) is 6.61 Å². The summed E-state index contributed by atoms with van der Waals surface area (Å²) >= 11 is 0. The van der Waals surface area contributed by atoms with E-state index in [2.05, 4.69) is 19.2 Å². The Kier molecular flexibility index (Phi) is 43.2. The van der Waals surface area contributed by atoms with Crippen molar-refractivity contribution in [1.82, 2.24) is 5.32 Å². The number of aliphatic hydroxyl groups is 6. The van der Waals surface area contributed by atoms with Crippen molar-refractivity contribution in [2.75, 3.05) is 13.2 Å². The van der Waals surface area contributed by atoms with Crippen molar-refractivity contribution in [1.29, 1.82) is 0 Å². The fraction of sp³-hybridized carbons (Fsp3) is 0.945. The van der Waals surface area contributed by atoms with Crippen LogP contribution < -0.4 is 5.32 Å². The summed E-state index contributed by atoms with van der Waals surface area (Å²) in [5.41, 5.74) is 0. The number of unbranched alkanes of at least 4 members (excludes halogenated alkanes) is 37. The first-order chi connectivity index (χ1) is 31.8. The fourth-order valence-electron chi connectivity index (χ4n) is 9.17. The maximum Gasteiger partial charge on any atom is 0.249 e. The molecule has 1 aliphatic heterocycles. The Hall–Kier alpha value is -1.11. The van der Waals surface area contributed by atoms with E-state index in [0.717, 1.165) is 44.9 Å². The molecule has 0 aliphatic carbocycles. The molecule has 0 saturated carbocycles. The van der Waals surface area contributed by atoms with E-state index in [1.807, 2.05) is 6.08 Å². The molecule has 1 amide bonds. The van der Waals surface area contributed by atoms with Gasteiger partial charge in [-0.2, -0.15) is 0 Å². The molecule has 386 valence electrons. The van der Waals surface area contributed by atoms with Crippen molar-refractivity contribution in [3.05, 3.63) is 12.2 Å². The molecule has 0 radical (unpaired) electrons. The summed E-state index contributed by atoms with van der Waals surface area (Å²) in [6.45, 7) is 3.63. The van der Waals surface area contributed by atoms with Gasteiger partial charge in [-0.25, -0.2) is 0 Å². The summed E-state index contributed by atoms with van der Waals surface area (Å²) in [6.07, 6.45) is 44.7. The van der Waals surface area contributed by atoms with Crippen LogP contribution in [0.5, 0.6) is 0 Å². The summed E-state index contributed by atoms with van der Waals surface area (Å²) in [4.78, 5) is 13.1. The molecule has 0 spiro atoms. The highest BCUT2D eigenvalue weighted by Gasteiger charge is 2.44. The van der Waals surface area contributed by atoms with Gasteiger partial charge in [-0.05, 0) is 19.3 Å². The number of aliphatic hydroxyl groups excluding tert-OH is 6. The third-order valence-corrected chi connectivity index (χ3v) is 13.7. The monoisotopic (exact) mass is 926 g/mol. The maximum atomic E-state index is 13.1. The van der Waals surface area contributed by atoms with Gasteiger partial charge in [0.2, 0.25) is 5.91 Å². The largest absolute Gasteiger partial charge is 0.394 e. The molecule has 10 heteroatoms. The molecule has 0 aromatic rings. The first-order valence-electron chi connectivity index (χ1n) is 28.0. The van der Waals surface area contributed by atoms with Crippen LogP contribution in [0.3, 0.4) is 0 Å². The van der Waals surface area contributed by atoms with Gasteiger partial charge in [0.05, 0.1) is 25.4 Å². The lowest BCUT2D eigenvalue weighted by Gasteiger charge is -2.40. The van der Waals surface area contributed by atoms with Crippen LogP contribution in [0.15, 0.2) is 12.2 Å². The molecule has 1 fully saturated rings. The summed E-state index contributed by atoms with van der Waals surface area (Å²) in [6, 6.07) is -0.975. The highest BCUT2D eigenvalue weighted by atomic mass is 16.7. The quantitative estimate of drug-likeness (QED) is 0.0232. The van der Waals surface area contributed by atoms with E-state index >= 15 is 0 Å². The number of amides is 1. The standard InChI is InChI=1S/C55H107NO9/c1-3-5-7-9-11-13-15-17-18-19-20-21-22-23-24-25-26-27-28-29-30-31-32-34-36-38-40-42-44-49(59)54(63)56-47(46-64-55-53(62)52(61)51(60)50(45-57)65-55)48(58)43-41-39-37-35-33-16-14-12-10-8-6-4-2/h41,43,47-53,55,57-62H,3-40,42,44-46H2,1-2H3,(H,56,63)/b43-41+. The first kappa shape index (κ1) is 61.9. The number of hydrogen-bond donors (Lipinski definition) is 7. The SMILES string of the molecule is CCCCCCCCCCCC/C=C/C(O)C(COC1OC(CO)C(O)C(O)C1O)NC(=O)C(O)CCCCCCCCCCCCCCCCCCCCCCCCCCCCCC. The predicted octanol–water partition coefficient (Wildman–Crippen LogP) is 12.2. The molecular formula is C55H107NO9. The van der Waals surface area contributed by atoms with E-state index in [9.17, 15) is 35.4 Å². The topological polar surface area (TPSA) is 169 Å². The van der Waals surface area contributed by atoms with Crippen molar-refractivity contribution < 1.29 is 44.9 Å². The van der Waals surface area contributed by atoms with E-state index < -0.39 is 61.5 Å². The van der Waals surface area contributed by atoms with Gasteiger partial charge in [-0.1, -0.05) is 264 Å². The van der Waals surface area contributed by atoms with Crippen molar-refractivity contribution in [3.63, 3.8) is 0 Å². The van der Waals surface area contributed by atoms with E-state index in [1.54, 1.807) is 6.08 Å². The third kappa shape index (κ3) is 34.8. The number of rotatable bonds is 48. The van der Waals surface area contributed by atoms with Crippen LogP contribution >= 0.6 is 0 Å². The molecule has 7 N–H and O–H groups in total. The lowest BCUT2D eigenvalue weighted by Crippen LogP contribution is -2.60. The molecule has 65 heavy (non-hydrogen) atoms. The smallest absolute Gasteiger partial charge is 0.249 e. The number of carbonyl (C=O) groups excluding carboxylic acids is 1. The average molecular weight is 926 g/mol. The van der Waals surface area contributed by atoms with Gasteiger partial charge in [0.1, 0.15) is 30.5 Å². The van der Waals surface area contributed by atoms with Gasteiger partial charge in [0.25, 0.3) is 0 Å². The zero-order valence-corrected chi connectivity index (χ0v) is 42.4. The molecule has 1 saturated heterocycles. The van der Waals surface area contributed by atoms with Gasteiger partial charge in [0.15, 0.2) is 6.29 Å². The number of ether oxygens (including phenoxy) is 2. The fourth-order valence-corrected chi connectivity index (χ4v) is 9.17. The minimum absolute atomic E-state index is 0.301. The molecule has 1 rings (SSSR count). The highest BCUT2D eigenvalue weighted by molar-refractivity contribution is 5.80. The second kappa shape index (κ2) is 45.3. The molecular weight excluding hydrogens is 819 g/mol. The van der Waals surface area contributed by atoms with Crippen molar-refractivity contribution in [2.45, 2.75) is 320 Å². The first-order valence-corrected chi connectivity index (χ1v) is 28.0. The lowest BCUT2D eigenvalue weighted by atomic mass is 9.99. The predicted molar refractivity (Wildman–Crippen MR) is 269 cm³/mol. The molecule has 10 nitrogen and oxygen atoms in total. The molecule has 0 aromatic heterocycles. The number of allylic oxidation sites excluding steroid dienone is 1. The van der Waals surface area contributed by atoms with Gasteiger partial charge in [-0.15, -0.1) is 0 Å². The second-order valence-corrected chi connectivity index (χ2v) is 19.9. The molecule has 1 aliphatic rings. The molecule has 1 heterocycles. The normalized spacial score (nSPS) is 20.4. The summed E-state index contributed by atoms with van der Waals surface area (Å²) in [5, 5.41) is 64.8. The Morgan fingerprint density at radius 3 is 1.25 bits per heavy atom. The Morgan fingerprint density at radius 2 is 0.877 bits per heavy atom. The molecule has 0 bridgehead atoms. The van der Waals surface area contributed by atoms with Gasteiger partial charge in [-0.3, -0.25) is 4.79 Å². The van der Waals surface area contributed by atoms with Crippen LogP contribution in [0.1, 0.15) is 271 Å². The van der Waals surface area contributed by atoms with Crippen LogP contribution in [-0.4, -0.2) is 98.7 Å². The van der Waals surface area contributed by atoms with E-state index in [1.165, 1.54) is 205 Å². The van der Waals surface area contributed by atoms with Gasteiger partial charge in [0, 0.05) is 0 Å². The minimum atomic E-state index is -1.61. The minimum Gasteiger partial charge on any atom is -0.394 e. The van der Waals surface area contributed by atoms with Gasteiger partial charge >= 0.3 is 0 Å². The summed E-state index contributed by atoms with van der Waals surface area (Å²) in [5.74, 6) is -0.612. The van der Waals surface area contributed by atoms with Crippen molar-refractivity contribution in [2.24, 2.45) is 0 Å².